The molecule has 0 N–H and O–H groups in total. The molecule has 2 aliphatic rings. The molecular weight excluding hydrogens is 869 g/mol. The third kappa shape index (κ3) is 5.99. The fourth-order valence-electron chi connectivity index (χ4n) is 12.0. The predicted octanol–water partition coefficient (Wildman–Crippen LogP) is 19.6. The molecule has 1 unspecified atom stereocenters. The van der Waals surface area contributed by atoms with Gasteiger partial charge in [-0.2, -0.15) is 0 Å². The highest BCUT2D eigenvalue weighted by Gasteiger charge is 2.36. The van der Waals surface area contributed by atoms with Crippen molar-refractivity contribution >= 4 is 97.6 Å². The summed E-state index contributed by atoms with van der Waals surface area (Å²) in [5, 5.41) is 13.2. The first-order valence-corrected chi connectivity index (χ1v) is 25.6. The molecule has 69 heavy (non-hydrogen) atoms. The smallest absolute Gasteiger partial charge is 0.0361 e. The predicted molar refractivity (Wildman–Crippen MR) is 300 cm³/mol. The van der Waals surface area contributed by atoms with Crippen molar-refractivity contribution in [1.29, 1.82) is 0 Å². The SMILES string of the molecule is CC12C=Cc3c(-c4cccc(-c5cccc(-c6cccc(-c7ccc8ccc9c(-c%10cc%11ccccc%11s%10)ccc%10ccc7c8c%109)c6)c5)c4)ccc4ccc(c1c34)C(c1cc3ccccc3s1)=CC2. The Hall–Kier alpha value is -7.88. The number of allylic oxidation sites excluding steroid dienone is 2. The summed E-state index contributed by atoms with van der Waals surface area (Å²) < 4.78 is 2.67. The maximum Gasteiger partial charge on any atom is 0.0361 e. The molecule has 0 amide bonds. The standard InChI is InChI=1S/C67H42S2/c1-67-33-31-54(62-39-50-10-3-5-18-60(50)69-62)58-30-24-42-20-26-52(57(32-34-67)65(42)66(58)67)48-16-8-14-46(37-48)44-12-6-11-43(35-44)45-13-7-15-47(36-45)51-25-19-40-23-29-56-53(61-38-49-9-2-4-17-59(49)68-61)27-21-41-22-28-55(51)63(40)64(41)56/h2-32,34-39H,33H2,1H3. The molecule has 0 radical (unpaired) electrons. The van der Waals surface area contributed by atoms with E-state index in [9.17, 15) is 0 Å². The maximum absolute atomic E-state index is 2.49. The summed E-state index contributed by atoms with van der Waals surface area (Å²) in [6, 6.07) is 77.6. The molecule has 0 saturated carbocycles. The second kappa shape index (κ2) is 14.8. The molecule has 0 bridgehead atoms. The zero-order valence-electron chi connectivity index (χ0n) is 37.9. The average Bonchev–Trinajstić information content (AvgIpc) is 4.04. The highest BCUT2D eigenvalue weighted by Crippen LogP contribution is 2.52. The molecule has 0 fully saturated rings. The molecule has 322 valence electrons. The zero-order valence-corrected chi connectivity index (χ0v) is 39.5. The lowest BCUT2D eigenvalue weighted by molar-refractivity contribution is 0.603. The van der Waals surface area contributed by atoms with Crippen LogP contribution in [-0.4, -0.2) is 0 Å². The maximum atomic E-state index is 2.49. The molecule has 0 saturated heterocycles. The second-order valence-electron chi connectivity index (χ2n) is 19.4. The van der Waals surface area contributed by atoms with Gasteiger partial charge in [0, 0.05) is 24.6 Å². The topological polar surface area (TPSA) is 0 Å². The molecule has 0 nitrogen and oxygen atoms in total. The third-order valence-corrected chi connectivity index (χ3v) is 17.7. The van der Waals surface area contributed by atoms with Crippen LogP contribution in [-0.2, 0) is 5.41 Å². The normalized spacial score (nSPS) is 15.3. The lowest BCUT2D eigenvalue weighted by atomic mass is 9.66. The van der Waals surface area contributed by atoms with Crippen molar-refractivity contribution in [3.8, 4) is 54.9 Å². The molecule has 13 aromatic rings. The average molecular weight is 911 g/mol. The van der Waals surface area contributed by atoms with Crippen LogP contribution in [0.3, 0.4) is 0 Å². The fraction of sp³-hybridized carbons (Fsp3) is 0.0448. The zero-order chi connectivity index (χ0) is 45.4. The van der Waals surface area contributed by atoms with E-state index >= 15 is 0 Å². The number of rotatable bonds is 6. The minimum atomic E-state index is -0.0509. The molecule has 1 atom stereocenters. The van der Waals surface area contributed by atoms with Crippen molar-refractivity contribution in [3.63, 3.8) is 0 Å². The van der Waals surface area contributed by atoms with Gasteiger partial charge in [0.25, 0.3) is 0 Å². The third-order valence-electron chi connectivity index (χ3n) is 15.4. The molecular formula is C67H42S2. The van der Waals surface area contributed by atoms with Gasteiger partial charge in [-0.1, -0.05) is 189 Å². The molecule has 2 aliphatic carbocycles. The quantitative estimate of drug-likeness (QED) is 0.146. The van der Waals surface area contributed by atoms with Crippen molar-refractivity contribution in [1.82, 2.24) is 0 Å². The number of hydrogen-bond acceptors (Lipinski definition) is 2. The Kier molecular flexibility index (Phi) is 8.40. The van der Waals surface area contributed by atoms with E-state index in [1.165, 1.54) is 145 Å². The lowest BCUT2D eigenvalue weighted by Crippen LogP contribution is -2.25. The molecule has 2 heterocycles. The monoisotopic (exact) mass is 910 g/mol. The van der Waals surface area contributed by atoms with Gasteiger partial charge in [0.05, 0.1) is 0 Å². The number of thiophene rings is 2. The van der Waals surface area contributed by atoms with E-state index in [-0.39, 0.29) is 5.41 Å². The van der Waals surface area contributed by atoms with Crippen molar-refractivity contribution in [2.45, 2.75) is 18.8 Å². The van der Waals surface area contributed by atoms with Crippen LogP contribution in [0.2, 0.25) is 0 Å². The Labute approximate surface area is 408 Å². The van der Waals surface area contributed by atoms with Gasteiger partial charge in [0.2, 0.25) is 0 Å². The van der Waals surface area contributed by atoms with Gasteiger partial charge in [-0.25, -0.2) is 0 Å². The van der Waals surface area contributed by atoms with Gasteiger partial charge in [0.1, 0.15) is 0 Å². The highest BCUT2D eigenvalue weighted by molar-refractivity contribution is 7.22. The van der Waals surface area contributed by atoms with Crippen LogP contribution in [0.5, 0.6) is 0 Å². The number of fused-ring (bicyclic) bond motifs is 2. The van der Waals surface area contributed by atoms with Crippen molar-refractivity contribution in [2.75, 3.05) is 0 Å². The Morgan fingerprint density at radius 1 is 0.377 bits per heavy atom. The summed E-state index contributed by atoms with van der Waals surface area (Å²) in [5.41, 5.74) is 16.7. The molecule has 15 rings (SSSR count). The van der Waals surface area contributed by atoms with Gasteiger partial charge in [0.15, 0.2) is 0 Å². The van der Waals surface area contributed by atoms with Crippen LogP contribution in [0.25, 0.3) is 130 Å². The summed E-state index contributed by atoms with van der Waals surface area (Å²) in [7, 11) is 0. The molecule has 11 aromatic carbocycles. The summed E-state index contributed by atoms with van der Waals surface area (Å²) in [4.78, 5) is 2.67. The van der Waals surface area contributed by atoms with Gasteiger partial charge < -0.3 is 0 Å². The van der Waals surface area contributed by atoms with Crippen LogP contribution in [0.4, 0.5) is 0 Å². The largest absolute Gasteiger partial charge is 0.135 e. The highest BCUT2D eigenvalue weighted by atomic mass is 32.1. The first-order valence-electron chi connectivity index (χ1n) is 24.0. The van der Waals surface area contributed by atoms with E-state index in [0.29, 0.717) is 0 Å². The second-order valence-corrected chi connectivity index (χ2v) is 21.5. The number of benzene rings is 11. The molecule has 0 spiro atoms. The summed E-state index contributed by atoms with van der Waals surface area (Å²) in [6.45, 7) is 2.42. The summed E-state index contributed by atoms with van der Waals surface area (Å²) in [5.74, 6) is 0. The van der Waals surface area contributed by atoms with Crippen molar-refractivity contribution in [2.24, 2.45) is 0 Å². The minimum absolute atomic E-state index is 0.0509. The van der Waals surface area contributed by atoms with Crippen LogP contribution in [0.15, 0.2) is 218 Å². The summed E-state index contributed by atoms with van der Waals surface area (Å²) >= 11 is 3.79. The van der Waals surface area contributed by atoms with Crippen LogP contribution < -0.4 is 0 Å². The fourth-order valence-corrected chi connectivity index (χ4v) is 14.2. The van der Waals surface area contributed by atoms with E-state index in [2.05, 4.69) is 231 Å². The minimum Gasteiger partial charge on any atom is -0.135 e. The summed E-state index contributed by atoms with van der Waals surface area (Å²) in [6.07, 6.45) is 8.37. The van der Waals surface area contributed by atoms with E-state index in [0.717, 1.165) is 6.42 Å². The van der Waals surface area contributed by atoms with Gasteiger partial charge in [-0.3, -0.25) is 0 Å². The van der Waals surface area contributed by atoms with E-state index in [1.54, 1.807) is 0 Å². The molecule has 2 aromatic heterocycles. The van der Waals surface area contributed by atoms with E-state index in [1.807, 2.05) is 22.7 Å². The van der Waals surface area contributed by atoms with Crippen molar-refractivity contribution < 1.29 is 0 Å². The van der Waals surface area contributed by atoms with Crippen LogP contribution in [0.1, 0.15) is 34.9 Å². The van der Waals surface area contributed by atoms with Gasteiger partial charge >= 0.3 is 0 Å². The molecule has 2 heteroatoms. The van der Waals surface area contributed by atoms with Gasteiger partial charge in [-0.05, 0) is 175 Å². The Balaban J connectivity index is 0.792. The van der Waals surface area contributed by atoms with Crippen molar-refractivity contribution in [3.05, 3.63) is 240 Å². The number of hydrogen-bond donors (Lipinski definition) is 0. The van der Waals surface area contributed by atoms with Crippen LogP contribution in [0, 0.1) is 0 Å². The van der Waals surface area contributed by atoms with Crippen LogP contribution >= 0.6 is 22.7 Å². The molecule has 0 aliphatic heterocycles. The first kappa shape index (κ1) is 39.1. The first-order chi connectivity index (χ1) is 34.0. The Bertz CT molecular complexity index is 4290. The Morgan fingerprint density at radius 3 is 1.49 bits per heavy atom. The Morgan fingerprint density at radius 2 is 0.855 bits per heavy atom. The van der Waals surface area contributed by atoms with Gasteiger partial charge in [-0.15, -0.1) is 22.7 Å². The lowest BCUT2D eigenvalue weighted by Gasteiger charge is -2.37. The van der Waals surface area contributed by atoms with E-state index < -0.39 is 0 Å². The van der Waals surface area contributed by atoms with E-state index in [4.69, 9.17) is 0 Å².